The molecule has 24 heavy (non-hydrogen) atoms. The maximum atomic E-state index is 12.5. The van der Waals surface area contributed by atoms with Crippen LogP contribution in [0.4, 0.5) is 0 Å². The van der Waals surface area contributed by atoms with Crippen molar-refractivity contribution in [1.29, 1.82) is 0 Å². The highest BCUT2D eigenvalue weighted by atomic mass is 16.5. The van der Waals surface area contributed by atoms with Crippen LogP contribution in [0.15, 0.2) is 29.3 Å². The number of hydrogen-bond acceptors (Lipinski definition) is 4. The van der Waals surface area contributed by atoms with Gasteiger partial charge in [-0.05, 0) is 37.5 Å². The third-order valence-corrected chi connectivity index (χ3v) is 4.88. The molecule has 3 rings (SSSR count). The van der Waals surface area contributed by atoms with Crippen LogP contribution in [-0.4, -0.2) is 34.5 Å². The van der Waals surface area contributed by atoms with Crippen LogP contribution in [0.5, 0.6) is 0 Å². The fourth-order valence-corrected chi connectivity index (χ4v) is 3.32. The van der Waals surface area contributed by atoms with E-state index in [1.54, 1.807) is 13.3 Å². The summed E-state index contributed by atoms with van der Waals surface area (Å²) in [4.78, 5) is 29.2. The fourth-order valence-electron chi connectivity index (χ4n) is 3.32. The molecule has 0 atom stereocenters. The monoisotopic (exact) mass is 329 g/mol. The number of methoxy groups -OCH3 is 1. The zero-order valence-electron chi connectivity index (χ0n) is 14.2. The van der Waals surface area contributed by atoms with Gasteiger partial charge in [-0.2, -0.15) is 0 Å². The summed E-state index contributed by atoms with van der Waals surface area (Å²) >= 11 is 0. The standard InChI is InChI=1S/C18H23N3O3/c1-13-6-9-21-15(10-13)19-11-14(17(21)23)16(22)20-12-18(24-2)7-4-3-5-8-18/h6,9-11H,3-5,7-8,12H2,1-2H3,(H,20,22). The second-order valence-corrected chi connectivity index (χ2v) is 6.54. The molecule has 1 aliphatic rings. The minimum absolute atomic E-state index is 0.0541. The number of fused-ring (bicyclic) bond motifs is 1. The summed E-state index contributed by atoms with van der Waals surface area (Å²) in [6.45, 7) is 2.35. The van der Waals surface area contributed by atoms with Gasteiger partial charge in [0.05, 0.1) is 5.60 Å². The lowest BCUT2D eigenvalue weighted by Gasteiger charge is -2.36. The lowest BCUT2D eigenvalue weighted by molar-refractivity contribution is -0.0364. The highest BCUT2D eigenvalue weighted by molar-refractivity contribution is 5.93. The van der Waals surface area contributed by atoms with Crippen LogP contribution < -0.4 is 10.9 Å². The molecule has 2 heterocycles. The van der Waals surface area contributed by atoms with Crippen molar-refractivity contribution in [3.8, 4) is 0 Å². The van der Waals surface area contributed by atoms with Crippen LogP contribution in [0.2, 0.25) is 0 Å². The molecule has 128 valence electrons. The molecule has 1 amide bonds. The Morgan fingerprint density at radius 3 is 2.83 bits per heavy atom. The van der Waals surface area contributed by atoms with Crippen LogP contribution in [0.1, 0.15) is 48.0 Å². The molecule has 1 saturated carbocycles. The lowest BCUT2D eigenvalue weighted by atomic mass is 9.84. The Kier molecular flexibility index (Phi) is 4.66. The van der Waals surface area contributed by atoms with Crippen molar-refractivity contribution < 1.29 is 9.53 Å². The van der Waals surface area contributed by atoms with Gasteiger partial charge in [0, 0.05) is 26.0 Å². The van der Waals surface area contributed by atoms with Gasteiger partial charge in [-0.3, -0.25) is 14.0 Å². The first-order chi connectivity index (χ1) is 11.5. The zero-order chi connectivity index (χ0) is 17.2. The molecule has 0 bridgehead atoms. The smallest absolute Gasteiger partial charge is 0.270 e. The quantitative estimate of drug-likeness (QED) is 0.932. The summed E-state index contributed by atoms with van der Waals surface area (Å²) < 4.78 is 7.06. The highest BCUT2D eigenvalue weighted by Crippen LogP contribution is 2.30. The number of aryl methyl sites for hydroxylation is 1. The van der Waals surface area contributed by atoms with Crippen LogP contribution in [0.25, 0.3) is 5.65 Å². The van der Waals surface area contributed by atoms with Crippen molar-refractivity contribution in [2.24, 2.45) is 0 Å². The topological polar surface area (TPSA) is 72.7 Å². The van der Waals surface area contributed by atoms with Crippen molar-refractivity contribution in [1.82, 2.24) is 14.7 Å². The van der Waals surface area contributed by atoms with Gasteiger partial charge in [-0.1, -0.05) is 19.3 Å². The number of rotatable bonds is 4. The summed E-state index contributed by atoms with van der Waals surface area (Å²) in [5.41, 5.74) is 0.938. The maximum absolute atomic E-state index is 12.5. The maximum Gasteiger partial charge on any atom is 0.270 e. The van der Waals surface area contributed by atoms with Gasteiger partial charge in [0.25, 0.3) is 11.5 Å². The van der Waals surface area contributed by atoms with Gasteiger partial charge in [0.15, 0.2) is 0 Å². The molecule has 2 aromatic rings. The molecule has 6 heteroatoms. The third-order valence-electron chi connectivity index (χ3n) is 4.88. The molecular weight excluding hydrogens is 306 g/mol. The minimum Gasteiger partial charge on any atom is -0.376 e. The lowest BCUT2D eigenvalue weighted by Crippen LogP contribution is -2.46. The number of nitrogens with one attached hydrogen (secondary N) is 1. The van der Waals surface area contributed by atoms with Crippen molar-refractivity contribution in [2.75, 3.05) is 13.7 Å². The van der Waals surface area contributed by atoms with Gasteiger partial charge in [-0.15, -0.1) is 0 Å². The Hall–Kier alpha value is -2.21. The number of ether oxygens (including phenoxy) is 1. The number of hydrogen-bond donors (Lipinski definition) is 1. The van der Waals surface area contributed by atoms with Gasteiger partial charge in [0.1, 0.15) is 11.2 Å². The number of aromatic nitrogens is 2. The Balaban J connectivity index is 1.80. The molecule has 0 aliphatic heterocycles. The Bertz CT molecular complexity index is 807. The van der Waals surface area contributed by atoms with Crippen LogP contribution >= 0.6 is 0 Å². The summed E-state index contributed by atoms with van der Waals surface area (Å²) in [7, 11) is 1.69. The first-order valence-corrected chi connectivity index (χ1v) is 8.36. The van der Waals surface area contributed by atoms with E-state index in [2.05, 4.69) is 10.3 Å². The summed E-state index contributed by atoms with van der Waals surface area (Å²) in [5, 5.41) is 2.86. The van der Waals surface area contributed by atoms with E-state index < -0.39 is 5.91 Å². The van der Waals surface area contributed by atoms with Crippen molar-refractivity contribution in [3.63, 3.8) is 0 Å². The molecule has 0 spiro atoms. The van der Waals surface area contributed by atoms with Gasteiger partial charge < -0.3 is 10.1 Å². The van der Waals surface area contributed by atoms with Crippen molar-refractivity contribution in [2.45, 2.75) is 44.6 Å². The van der Waals surface area contributed by atoms with E-state index in [1.165, 1.54) is 17.0 Å². The first kappa shape index (κ1) is 16.6. The minimum atomic E-state index is -0.399. The van der Waals surface area contributed by atoms with Crippen LogP contribution in [0, 0.1) is 6.92 Å². The predicted octanol–water partition coefficient (Wildman–Crippen LogP) is 2.08. The highest BCUT2D eigenvalue weighted by Gasteiger charge is 2.32. The average Bonchev–Trinajstić information content (AvgIpc) is 2.60. The Morgan fingerprint density at radius 2 is 2.12 bits per heavy atom. The van der Waals surface area contributed by atoms with Crippen molar-refractivity contribution in [3.05, 3.63) is 46.0 Å². The van der Waals surface area contributed by atoms with Crippen molar-refractivity contribution >= 4 is 11.6 Å². The van der Waals surface area contributed by atoms with Gasteiger partial charge in [-0.25, -0.2) is 4.98 Å². The van der Waals surface area contributed by atoms with E-state index >= 15 is 0 Å². The van der Waals surface area contributed by atoms with E-state index in [9.17, 15) is 9.59 Å². The molecule has 0 unspecified atom stereocenters. The third kappa shape index (κ3) is 3.19. The zero-order valence-corrected chi connectivity index (χ0v) is 14.2. The van der Waals surface area contributed by atoms with Gasteiger partial charge >= 0.3 is 0 Å². The number of amides is 1. The molecule has 1 N–H and O–H groups in total. The largest absolute Gasteiger partial charge is 0.376 e. The van der Waals surface area contributed by atoms with E-state index in [4.69, 9.17) is 4.74 Å². The second-order valence-electron chi connectivity index (χ2n) is 6.54. The number of pyridine rings is 1. The van der Waals surface area contributed by atoms with Gasteiger partial charge in [0.2, 0.25) is 0 Å². The molecule has 0 radical (unpaired) electrons. The number of carbonyl (C=O) groups is 1. The molecule has 1 aliphatic carbocycles. The van der Waals surface area contributed by atoms with Crippen LogP contribution in [0.3, 0.4) is 0 Å². The number of nitrogens with zero attached hydrogens (tertiary/aromatic N) is 2. The summed E-state index contributed by atoms with van der Waals surface area (Å²) in [6.07, 6.45) is 8.26. The molecule has 2 aromatic heterocycles. The normalized spacial score (nSPS) is 16.9. The molecular formula is C18H23N3O3. The molecule has 6 nitrogen and oxygen atoms in total. The van der Waals surface area contributed by atoms with Crippen LogP contribution in [-0.2, 0) is 4.74 Å². The Morgan fingerprint density at radius 1 is 1.38 bits per heavy atom. The van der Waals surface area contributed by atoms with E-state index in [-0.39, 0.29) is 16.7 Å². The fraction of sp³-hybridized carbons (Fsp3) is 0.500. The van der Waals surface area contributed by atoms with E-state index in [1.807, 2.05) is 19.1 Å². The predicted molar refractivity (Wildman–Crippen MR) is 91.4 cm³/mol. The summed E-state index contributed by atoms with van der Waals surface area (Å²) in [5.74, 6) is -0.399. The first-order valence-electron chi connectivity index (χ1n) is 8.36. The molecule has 0 aromatic carbocycles. The molecule has 0 saturated heterocycles. The summed E-state index contributed by atoms with van der Waals surface area (Å²) in [6, 6.07) is 3.63. The SMILES string of the molecule is COC1(CNC(=O)c2cnc3cc(C)ccn3c2=O)CCCCC1. The number of carbonyl (C=O) groups excluding carboxylic acids is 1. The second kappa shape index (κ2) is 6.73. The Labute approximate surface area is 140 Å². The average molecular weight is 329 g/mol. The van der Waals surface area contributed by atoms with E-state index in [0.29, 0.717) is 12.2 Å². The molecule has 1 fully saturated rings. The van der Waals surface area contributed by atoms with E-state index in [0.717, 1.165) is 31.2 Å².